The highest BCUT2D eigenvalue weighted by Crippen LogP contribution is 2.21. The standard InChI is InChI=1S/C15H23NO3/c1-5-8-14(15(17)18-6-2)19-13-10-7-9-12(11-13)16(3)4/h7,9-11,14H,5-6,8H2,1-4H3. The molecule has 106 valence electrons. The van der Waals surface area contributed by atoms with Crippen LogP contribution in [-0.2, 0) is 9.53 Å². The molecule has 0 saturated heterocycles. The van der Waals surface area contributed by atoms with Gasteiger partial charge in [0.15, 0.2) is 6.10 Å². The first-order valence-electron chi connectivity index (χ1n) is 6.69. The normalized spacial score (nSPS) is 11.8. The first kappa shape index (κ1) is 15.3. The maximum atomic E-state index is 11.8. The average molecular weight is 265 g/mol. The summed E-state index contributed by atoms with van der Waals surface area (Å²) in [6, 6.07) is 7.68. The van der Waals surface area contributed by atoms with Gasteiger partial charge in [-0.15, -0.1) is 0 Å². The Morgan fingerprint density at radius 2 is 2.05 bits per heavy atom. The summed E-state index contributed by atoms with van der Waals surface area (Å²) in [5.74, 6) is 0.400. The van der Waals surface area contributed by atoms with Crippen molar-refractivity contribution >= 4 is 11.7 Å². The summed E-state index contributed by atoms with van der Waals surface area (Å²) in [6.07, 6.45) is 1.00. The maximum Gasteiger partial charge on any atom is 0.347 e. The Balaban J connectivity index is 2.78. The number of nitrogens with zero attached hydrogens (tertiary/aromatic N) is 1. The molecule has 0 amide bonds. The molecule has 0 aliphatic rings. The fraction of sp³-hybridized carbons (Fsp3) is 0.533. The van der Waals surface area contributed by atoms with E-state index in [-0.39, 0.29) is 5.97 Å². The van der Waals surface area contributed by atoms with Crippen molar-refractivity contribution in [2.24, 2.45) is 0 Å². The zero-order valence-corrected chi connectivity index (χ0v) is 12.2. The smallest absolute Gasteiger partial charge is 0.347 e. The fourth-order valence-corrected chi connectivity index (χ4v) is 1.72. The van der Waals surface area contributed by atoms with Crippen molar-refractivity contribution in [3.05, 3.63) is 24.3 Å². The highest BCUT2D eigenvalue weighted by atomic mass is 16.6. The molecule has 0 heterocycles. The second-order valence-corrected chi connectivity index (χ2v) is 4.54. The molecule has 1 rings (SSSR count). The summed E-state index contributed by atoms with van der Waals surface area (Å²) in [5, 5.41) is 0. The van der Waals surface area contributed by atoms with Crippen molar-refractivity contribution in [2.45, 2.75) is 32.8 Å². The number of carbonyl (C=O) groups is 1. The first-order chi connectivity index (χ1) is 9.08. The van der Waals surface area contributed by atoms with Gasteiger partial charge in [0.25, 0.3) is 0 Å². The largest absolute Gasteiger partial charge is 0.479 e. The Morgan fingerprint density at radius 3 is 2.63 bits per heavy atom. The highest BCUT2D eigenvalue weighted by Gasteiger charge is 2.20. The zero-order valence-electron chi connectivity index (χ0n) is 12.2. The van der Waals surface area contributed by atoms with Crippen molar-refractivity contribution in [2.75, 3.05) is 25.6 Å². The minimum absolute atomic E-state index is 0.292. The summed E-state index contributed by atoms with van der Waals surface area (Å²) in [7, 11) is 3.93. The van der Waals surface area contributed by atoms with Gasteiger partial charge in [0.05, 0.1) is 6.61 Å². The molecule has 0 radical (unpaired) electrons. The third-order valence-corrected chi connectivity index (χ3v) is 2.71. The van der Waals surface area contributed by atoms with E-state index < -0.39 is 6.10 Å². The van der Waals surface area contributed by atoms with Gasteiger partial charge in [-0.1, -0.05) is 19.4 Å². The molecule has 0 saturated carbocycles. The van der Waals surface area contributed by atoms with Crippen molar-refractivity contribution < 1.29 is 14.3 Å². The average Bonchev–Trinajstić information content (AvgIpc) is 2.39. The van der Waals surface area contributed by atoms with Gasteiger partial charge < -0.3 is 14.4 Å². The molecule has 0 N–H and O–H groups in total. The summed E-state index contributed by atoms with van der Waals surface area (Å²) >= 11 is 0. The third-order valence-electron chi connectivity index (χ3n) is 2.71. The van der Waals surface area contributed by atoms with Gasteiger partial charge in [-0.2, -0.15) is 0 Å². The molecule has 0 spiro atoms. The highest BCUT2D eigenvalue weighted by molar-refractivity contribution is 5.75. The molecular weight excluding hydrogens is 242 g/mol. The second kappa shape index (κ2) is 7.67. The van der Waals surface area contributed by atoms with Crippen LogP contribution in [0.2, 0.25) is 0 Å². The molecule has 0 aromatic heterocycles. The molecule has 1 unspecified atom stereocenters. The van der Waals surface area contributed by atoms with Crippen LogP contribution in [0, 0.1) is 0 Å². The Bertz CT molecular complexity index is 404. The lowest BCUT2D eigenvalue weighted by atomic mass is 10.2. The Labute approximate surface area is 115 Å². The lowest BCUT2D eigenvalue weighted by Crippen LogP contribution is -2.29. The van der Waals surface area contributed by atoms with Crippen LogP contribution in [0.15, 0.2) is 24.3 Å². The van der Waals surface area contributed by atoms with Crippen molar-refractivity contribution in [3.63, 3.8) is 0 Å². The van der Waals surface area contributed by atoms with Gasteiger partial charge in [-0.25, -0.2) is 4.79 Å². The Morgan fingerprint density at radius 1 is 1.32 bits per heavy atom. The van der Waals surface area contributed by atoms with Gasteiger partial charge in [0, 0.05) is 25.8 Å². The van der Waals surface area contributed by atoms with Gasteiger partial charge in [-0.3, -0.25) is 0 Å². The number of hydrogen-bond acceptors (Lipinski definition) is 4. The minimum atomic E-state index is -0.526. The predicted octanol–water partition coefficient (Wildman–Crippen LogP) is 2.86. The second-order valence-electron chi connectivity index (χ2n) is 4.54. The van der Waals surface area contributed by atoms with Crippen molar-refractivity contribution in [3.8, 4) is 5.75 Å². The number of esters is 1. The Hall–Kier alpha value is -1.71. The molecule has 0 bridgehead atoms. The van der Waals surface area contributed by atoms with Crippen molar-refractivity contribution in [1.82, 2.24) is 0 Å². The molecular formula is C15H23NO3. The van der Waals surface area contributed by atoms with Crippen LogP contribution in [0.4, 0.5) is 5.69 Å². The number of rotatable bonds is 7. The number of hydrogen-bond donors (Lipinski definition) is 0. The van der Waals surface area contributed by atoms with Crippen LogP contribution in [0.1, 0.15) is 26.7 Å². The monoisotopic (exact) mass is 265 g/mol. The van der Waals surface area contributed by atoms with Crippen LogP contribution >= 0.6 is 0 Å². The number of benzene rings is 1. The number of carbonyl (C=O) groups excluding carboxylic acids is 1. The molecule has 4 heteroatoms. The SMILES string of the molecule is CCCC(Oc1cccc(N(C)C)c1)C(=O)OCC. The van der Waals surface area contributed by atoms with E-state index in [0.29, 0.717) is 18.8 Å². The summed E-state index contributed by atoms with van der Waals surface area (Å²) in [5.41, 5.74) is 1.04. The molecule has 0 aliphatic carbocycles. The number of ether oxygens (including phenoxy) is 2. The van der Waals surface area contributed by atoms with Gasteiger partial charge in [0.2, 0.25) is 0 Å². The van der Waals surface area contributed by atoms with E-state index in [1.165, 1.54) is 0 Å². The topological polar surface area (TPSA) is 38.8 Å². The summed E-state index contributed by atoms with van der Waals surface area (Å²) < 4.78 is 10.8. The van der Waals surface area contributed by atoms with E-state index in [1.807, 2.05) is 50.2 Å². The maximum absolute atomic E-state index is 11.8. The molecule has 1 aromatic rings. The van der Waals surface area contributed by atoms with Gasteiger partial charge >= 0.3 is 5.97 Å². The summed E-state index contributed by atoms with van der Waals surface area (Å²) in [6.45, 7) is 4.19. The fourth-order valence-electron chi connectivity index (χ4n) is 1.72. The minimum Gasteiger partial charge on any atom is -0.479 e. The number of anilines is 1. The van der Waals surface area contributed by atoms with Crippen LogP contribution in [0.5, 0.6) is 5.75 Å². The lowest BCUT2D eigenvalue weighted by Gasteiger charge is -2.19. The van der Waals surface area contributed by atoms with Crippen LogP contribution in [0.25, 0.3) is 0 Å². The van der Waals surface area contributed by atoms with E-state index in [1.54, 1.807) is 6.92 Å². The molecule has 0 fully saturated rings. The molecule has 4 nitrogen and oxygen atoms in total. The predicted molar refractivity (Wildman–Crippen MR) is 76.7 cm³/mol. The van der Waals surface area contributed by atoms with Crippen LogP contribution < -0.4 is 9.64 Å². The van der Waals surface area contributed by atoms with E-state index in [0.717, 1.165) is 12.1 Å². The molecule has 19 heavy (non-hydrogen) atoms. The van der Waals surface area contributed by atoms with Crippen molar-refractivity contribution in [1.29, 1.82) is 0 Å². The first-order valence-corrected chi connectivity index (χ1v) is 6.69. The van der Waals surface area contributed by atoms with Gasteiger partial charge in [0.1, 0.15) is 5.75 Å². The van der Waals surface area contributed by atoms with E-state index in [9.17, 15) is 4.79 Å². The van der Waals surface area contributed by atoms with E-state index >= 15 is 0 Å². The molecule has 1 aromatic carbocycles. The van der Waals surface area contributed by atoms with E-state index in [4.69, 9.17) is 9.47 Å². The lowest BCUT2D eigenvalue weighted by molar-refractivity contribution is -0.151. The van der Waals surface area contributed by atoms with E-state index in [2.05, 4.69) is 0 Å². The van der Waals surface area contributed by atoms with Crippen LogP contribution in [0.3, 0.4) is 0 Å². The quantitative estimate of drug-likeness (QED) is 0.711. The molecule has 1 atom stereocenters. The zero-order chi connectivity index (χ0) is 14.3. The Kier molecular flexibility index (Phi) is 6.19. The summed E-state index contributed by atoms with van der Waals surface area (Å²) in [4.78, 5) is 13.8. The third kappa shape index (κ3) is 4.81. The van der Waals surface area contributed by atoms with Crippen LogP contribution in [-0.4, -0.2) is 32.8 Å². The molecule has 0 aliphatic heterocycles. The van der Waals surface area contributed by atoms with Gasteiger partial charge in [-0.05, 0) is 25.5 Å².